The summed E-state index contributed by atoms with van der Waals surface area (Å²) in [5.41, 5.74) is 2.56. The number of aliphatic hydroxyl groups is 3. The molecule has 2 aromatic rings. The van der Waals surface area contributed by atoms with Gasteiger partial charge >= 0.3 is 0 Å². The van der Waals surface area contributed by atoms with Gasteiger partial charge in [0.2, 0.25) is 0 Å². The number of hydrogen-bond acceptors (Lipinski definition) is 4. The smallest absolute Gasteiger partial charge is 0.178 e. The van der Waals surface area contributed by atoms with Crippen LogP contribution in [0.1, 0.15) is 43.8 Å². The molecule has 2 aromatic carbocycles. The van der Waals surface area contributed by atoms with Crippen molar-refractivity contribution >= 4 is 5.57 Å². The van der Waals surface area contributed by atoms with Crippen LogP contribution in [-0.2, 0) is 6.61 Å². The Balaban J connectivity index is 2.06. The van der Waals surface area contributed by atoms with Gasteiger partial charge < -0.3 is 20.1 Å². The third-order valence-electron chi connectivity index (χ3n) is 3.79. The topological polar surface area (TPSA) is 69.9 Å². The van der Waals surface area contributed by atoms with E-state index in [1.54, 1.807) is 38.1 Å². The van der Waals surface area contributed by atoms with Crippen molar-refractivity contribution in [1.82, 2.24) is 0 Å². The summed E-state index contributed by atoms with van der Waals surface area (Å²) in [5, 5.41) is 28.2. The molecule has 0 unspecified atom stereocenters. The van der Waals surface area contributed by atoms with Crippen molar-refractivity contribution in [3.8, 4) is 5.75 Å². The van der Waals surface area contributed by atoms with Gasteiger partial charge in [0.25, 0.3) is 0 Å². The van der Waals surface area contributed by atoms with Crippen LogP contribution in [0.15, 0.2) is 66.8 Å². The van der Waals surface area contributed by atoms with Gasteiger partial charge in [-0.25, -0.2) is 0 Å². The first-order valence-corrected chi connectivity index (χ1v) is 8.51. The van der Waals surface area contributed by atoms with Crippen molar-refractivity contribution in [3.05, 3.63) is 83.4 Å². The van der Waals surface area contributed by atoms with Crippen molar-refractivity contribution in [2.75, 3.05) is 0 Å². The Morgan fingerprint density at radius 2 is 1.85 bits per heavy atom. The molecule has 0 saturated carbocycles. The minimum Gasteiger partial charge on any atom is -0.489 e. The first-order chi connectivity index (χ1) is 12.2. The number of allylic oxidation sites excluding steroid dienone is 3. The highest BCUT2D eigenvalue weighted by Crippen LogP contribution is 2.21. The van der Waals surface area contributed by atoms with Gasteiger partial charge in [0.15, 0.2) is 6.29 Å². The standard InChI is InChI=1S/C22H26O4/c1-16(7-6-12-22(2,3)25)18-9-5-11-20(14-18)26-15-17-8-4-10-19(13-17)21(23)24/h4-14,21,23-25H,15H2,1-3H3/b12-6+,16-7-. The summed E-state index contributed by atoms with van der Waals surface area (Å²) < 4.78 is 5.83. The predicted octanol–water partition coefficient (Wildman–Crippen LogP) is 3.98. The van der Waals surface area contributed by atoms with E-state index in [0.29, 0.717) is 12.2 Å². The number of ether oxygens (including phenoxy) is 1. The molecule has 0 amide bonds. The van der Waals surface area contributed by atoms with Crippen molar-refractivity contribution < 1.29 is 20.1 Å². The minimum atomic E-state index is -1.48. The summed E-state index contributed by atoms with van der Waals surface area (Å²) in [7, 11) is 0. The lowest BCUT2D eigenvalue weighted by Crippen LogP contribution is -2.13. The molecule has 2 rings (SSSR count). The molecule has 0 spiro atoms. The van der Waals surface area contributed by atoms with Crippen LogP contribution < -0.4 is 4.74 Å². The summed E-state index contributed by atoms with van der Waals surface area (Å²) in [6.45, 7) is 5.79. The maximum Gasteiger partial charge on any atom is 0.178 e. The Kier molecular flexibility index (Phi) is 6.75. The summed E-state index contributed by atoms with van der Waals surface area (Å²) in [4.78, 5) is 0. The number of hydrogen-bond donors (Lipinski definition) is 3. The van der Waals surface area contributed by atoms with Crippen LogP contribution in [-0.4, -0.2) is 20.9 Å². The second-order valence-corrected chi connectivity index (χ2v) is 6.80. The van der Waals surface area contributed by atoms with Crippen molar-refractivity contribution in [3.63, 3.8) is 0 Å². The lowest BCUT2D eigenvalue weighted by Gasteiger charge is -2.11. The Bertz CT molecular complexity index is 783. The third kappa shape index (κ3) is 6.48. The Morgan fingerprint density at radius 3 is 2.54 bits per heavy atom. The second kappa shape index (κ2) is 8.81. The molecule has 0 fully saturated rings. The predicted molar refractivity (Wildman–Crippen MR) is 103 cm³/mol. The lowest BCUT2D eigenvalue weighted by molar-refractivity contribution is -0.0425. The van der Waals surface area contributed by atoms with Gasteiger partial charge in [-0.2, -0.15) is 0 Å². The number of rotatable bonds is 7. The van der Waals surface area contributed by atoms with E-state index in [1.165, 1.54) is 0 Å². The molecule has 4 nitrogen and oxygen atoms in total. The molecule has 0 bridgehead atoms. The van der Waals surface area contributed by atoms with Gasteiger partial charge in [-0.15, -0.1) is 0 Å². The first-order valence-electron chi connectivity index (χ1n) is 8.51. The molecule has 0 aliphatic carbocycles. The molecule has 3 N–H and O–H groups in total. The average molecular weight is 354 g/mol. The fourth-order valence-corrected chi connectivity index (χ4v) is 2.37. The van der Waals surface area contributed by atoms with Gasteiger partial charge in [-0.05, 0) is 55.7 Å². The summed E-state index contributed by atoms with van der Waals surface area (Å²) >= 11 is 0. The highest BCUT2D eigenvalue weighted by Gasteiger charge is 2.06. The van der Waals surface area contributed by atoms with Crippen molar-refractivity contribution in [2.24, 2.45) is 0 Å². The highest BCUT2D eigenvalue weighted by molar-refractivity contribution is 5.66. The Hall–Kier alpha value is -2.40. The SMILES string of the molecule is C/C(=C/C=C/C(C)(C)O)c1cccc(OCc2cccc(C(O)O)c2)c1. The maximum absolute atomic E-state index is 9.71. The maximum atomic E-state index is 9.71. The molecular formula is C22H26O4. The van der Waals surface area contributed by atoms with Gasteiger partial charge in [-0.1, -0.05) is 48.6 Å². The van der Waals surface area contributed by atoms with Crippen LogP contribution in [0.25, 0.3) is 5.57 Å². The Labute approximate surface area is 154 Å². The van der Waals surface area contributed by atoms with E-state index in [9.17, 15) is 15.3 Å². The molecule has 0 aliphatic heterocycles. The molecule has 0 aliphatic rings. The van der Waals surface area contributed by atoms with Crippen LogP contribution in [0.2, 0.25) is 0 Å². The van der Waals surface area contributed by atoms with Crippen LogP contribution in [0.5, 0.6) is 5.75 Å². The van der Waals surface area contributed by atoms with Crippen molar-refractivity contribution in [1.29, 1.82) is 0 Å². The van der Waals surface area contributed by atoms with E-state index >= 15 is 0 Å². The molecular weight excluding hydrogens is 328 g/mol. The second-order valence-electron chi connectivity index (χ2n) is 6.80. The van der Waals surface area contributed by atoms with Gasteiger partial charge in [-0.3, -0.25) is 0 Å². The van der Waals surface area contributed by atoms with Crippen LogP contribution >= 0.6 is 0 Å². The molecule has 26 heavy (non-hydrogen) atoms. The number of aliphatic hydroxyl groups excluding tert-OH is 1. The lowest BCUT2D eigenvalue weighted by atomic mass is 10.1. The molecule has 4 heteroatoms. The van der Waals surface area contributed by atoms with Crippen LogP contribution in [0, 0.1) is 0 Å². The molecule has 0 atom stereocenters. The quantitative estimate of drug-likeness (QED) is 0.520. The van der Waals surface area contributed by atoms with E-state index in [2.05, 4.69) is 0 Å². The van der Waals surface area contributed by atoms with E-state index in [0.717, 1.165) is 22.4 Å². The largest absolute Gasteiger partial charge is 0.489 e. The highest BCUT2D eigenvalue weighted by atomic mass is 16.5. The van der Waals surface area contributed by atoms with E-state index in [-0.39, 0.29) is 0 Å². The minimum absolute atomic E-state index is 0.339. The summed E-state index contributed by atoms with van der Waals surface area (Å²) in [6.07, 6.45) is 4.04. The molecule has 0 saturated heterocycles. The van der Waals surface area contributed by atoms with Crippen LogP contribution in [0.3, 0.4) is 0 Å². The third-order valence-corrected chi connectivity index (χ3v) is 3.79. The van der Waals surface area contributed by atoms with Gasteiger partial charge in [0.05, 0.1) is 5.60 Å². The zero-order valence-electron chi connectivity index (χ0n) is 15.4. The molecule has 0 radical (unpaired) electrons. The fourth-order valence-electron chi connectivity index (χ4n) is 2.37. The summed E-state index contributed by atoms with van der Waals surface area (Å²) in [5.74, 6) is 0.733. The normalized spacial score (nSPS) is 12.8. The van der Waals surface area contributed by atoms with E-state index in [1.807, 2.05) is 49.4 Å². The zero-order valence-corrected chi connectivity index (χ0v) is 15.4. The van der Waals surface area contributed by atoms with Crippen molar-refractivity contribution in [2.45, 2.75) is 39.3 Å². The summed E-state index contributed by atoms with van der Waals surface area (Å²) in [6, 6.07) is 14.8. The monoisotopic (exact) mass is 354 g/mol. The van der Waals surface area contributed by atoms with Gasteiger partial charge in [0.1, 0.15) is 12.4 Å². The van der Waals surface area contributed by atoms with Gasteiger partial charge in [0, 0.05) is 5.56 Å². The van der Waals surface area contributed by atoms with E-state index < -0.39 is 11.9 Å². The zero-order chi connectivity index (χ0) is 19.2. The molecule has 138 valence electrons. The molecule has 0 aromatic heterocycles. The Morgan fingerprint density at radius 1 is 1.12 bits per heavy atom. The average Bonchev–Trinajstić information content (AvgIpc) is 2.59. The fraction of sp³-hybridized carbons (Fsp3) is 0.273. The molecule has 0 heterocycles. The first kappa shape index (κ1) is 19.9. The van der Waals surface area contributed by atoms with E-state index in [4.69, 9.17) is 4.74 Å². The van der Waals surface area contributed by atoms with Crippen LogP contribution in [0.4, 0.5) is 0 Å². The number of benzene rings is 2.